The standard InChI is InChI=1S/C21H24N2O3S/c1-16-6-5-8-18(12-16)23-11-10-22-21(23)27-15-19(24)14-26-13-17-7-3-4-9-20(17)25-2/h3-12,19,24H,13-15H2,1-2H3. The average Bonchev–Trinajstić information content (AvgIpc) is 3.15. The van der Waals surface area contributed by atoms with Crippen molar-refractivity contribution < 1.29 is 14.6 Å². The van der Waals surface area contributed by atoms with E-state index in [0.29, 0.717) is 12.4 Å². The Morgan fingerprint density at radius 1 is 1.19 bits per heavy atom. The van der Waals surface area contributed by atoms with Gasteiger partial charge in [-0.3, -0.25) is 4.57 Å². The van der Waals surface area contributed by atoms with Crippen molar-refractivity contribution in [3.8, 4) is 11.4 Å². The number of ether oxygens (including phenoxy) is 2. The molecule has 1 aromatic heterocycles. The molecule has 2 aromatic carbocycles. The summed E-state index contributed by atoms with van der Waals surface area (Å²) in [4.78, 5) is 4.40. The maximum absolute atomic E-state index is 10.2. The summed E-state index contributed by atoms with van der Waals surface area (Å²) in [6.07, 6.45) is 3.13. The summed E-state index contributed by atoms with van der Waals surface area (Å²) in [6, 6.07) is 16.0. The summed E-state index contributed by atoms with van der Waals surface area (Å²) in [5.41, 5.74) is 3.23. The highest BCUT2D eigenvalue weighted by Gasteiger charge is 2.11. The summed E-state index contributed by atoms with van der Waals surface area (Å²) in [5, 5.41) is 11.1. The SMILES string of the molecule is COc1ccccc1COCC(O)CSc1nccn1-c1cccc(C)c1. The molecule has 0 spiro atoms. The van der Waals surface area contributed by atoms with E-state index in [4.69, 9.17) is 9.47 Å². The normalized spacial score (nSPS) is 12.1. The quantitative estimate of drug-likeness (QED) is 0.568. The van der Waals surface area contributed by atoms with E-state index in [1.807, 2.05) is 47.2 Å². The maximum atomic E-state index is 10.2. The molecule has 0 aliphatic heterocycles. The number of imidazole rings is 1. The van der Waals surface area contributed by atoms with Gasteiger partial charge in [0.05, 0.1) is 26.4 Å². The van der Waals surface area contributed by atoms with E-state index in [1.54, 1.807) is 13.3 Å². The molecule has 1 atom stereocenters. The van der Waals surface area contributed by atoms with E-state index in [2.05, 4.69) is 24.0 Å². The summed E-state index contributed by atoms with van der Waals surface area (Å²) < 4.78 is 13.0. The van der Waals surface area contributed by atoms with Crippen LogP contribution in [-0.4, -0.2) is 40.2 Å². The van der Waals surface area contributed by atoms with Crippen molar-refractivity contribution in [2.45, 2.75) is 24.8 Å². The van der Waals surface area contributed by atoms with Crippen LogP contribution in [-0.2, 0) is 11.3 Å². The molecule has 0 aliphatic rings. The van der Waals surface area contributed by atoms with Gasteiger partial charge in [-0.15, -0.1) is 0 Å². The number of aliphatic hydroxyl groups excluding tert-OH is 1. The summed E-state index contributed by atoms with van der Waals surface area (Å²) >= 11 is 1.51. The molecule has 0 amide bonds. The van der Waals surface area contributed by atoms with Gasteiger partial charge in [0.1, 0.15) is 5.75 Å². The number of aryl methyl sites for hydroxylation is 1. The molecule has 3 rings (SSSR count). The first kappa shape index (κ1) is 19.5. The van der Waals surface area contributed by atoms with Gasteiger partial charge in [-0.1, -0.05) is 42.1 Å². The van der Waals surface area contributed by atoms with E-state index in [1.165, 1.54) is 17.3 Å². The van der Waals surface area contributed by atoms with Crippen LogP contribution in [0.3, 0.4) is 0 Å². The molecule has 1 heterocycles. The van der Waals surface area contributed by atoms with Gasteiger partial charge in [-0.05, 0) is 30.7 Å². The highest BCUT2D eigenvalue weighted by atomic mass is 32.2. The minimum absolute atomic E-state index is 0.260. The van der Waals surface area contributed by atoms with Crippen LogP contribution in [0.4, 0.5) is 0 Å². The number of benzene rings is 2. The lowest BCUT2D eigenvalue weighted by molar-refractivity contribution is 0.0390. The Morgan fingerprint density at radius 3 is 2.85 bits per heavy atom. The highest BCUT2D eigenvalue weighted by Crippen LogP contribution is 2.22. The molecule has 3 aromatic rings. The predicted octanol–water partition coefficient (Wildman–Crippen LogP) is 3.86. The number of aromatic nitrogens is 2. The zero-order valence-electron chi connectivity index (χ0n) is 15.5. The molecule has 0 bridgehead atoms. The van der Waals surface area contributed by atoms with E-state index < -0.39 is 6.10 Å². The Hall–Kier alpha value is -2.28. The maximum Gasteiger partial charge on any atom is 0.172 e. The zero-order chi connectivity index (χ0) is 19.1. The van der Waals surface area contributed by atoms with Gasteiger partial charge in [0.2, 0.25) is 0 Å². The molecule has 0 saturated carbocycles. The molecule has 5 nitrogen and oxygen atoms in total. The van der Waals surface area contributed by atoms with E-state index in [0.717, 1.165) is 22.2 Å². The van der Waals surface area contributed by atoms with Crippen LogP contribution in [0.5, 0.6) is 5.75 Å². The highest BCUT2D eigenvalue weighted by molar-refractivity contribution is 7.99. The van der Waals surface area contributed by atoms with E-state index in [-0.39, 0.29) is 6.61 Å². The number of methoxy groups -OCH3 is 1. The van der Waals surface area contributed by atoms with Gasteiger partial charge >= 0.3 is 0 Å². The Balaban J connectivity index is 1.50. The Labute approximate surface area is 164 Å². The third kappa shape index (κ3) is 5.35. The zero-order valence-corrected chi connectivity index (χ0v) is 16.4. The fraction of sp³-hybridized carbons (Fsp3) is 0.286. The molecule has 0 aliphatic carbocycles. The van der Waals surface area contributed by atoms with Crippen molar-refractivity contribution >= 4 is 11.8 Å². The molecule has 0 fully saturated rings. The van der Waals surface area contributed by atoms with Gasteiger partial charge < -0.3 is 14.6 Å². The number of hydrogen-bond donors (Lipinski definition) is 1. The largest absolute Gasteiger partial charge is 0.496 e. The molecule has 1 N–H and O–H groups in total. The minimum Gasteiger partial charge on any atom is -0.496 e. The molecule has 142 valence electrons. The van der Waals surface area contributed by atoms with Crippen molar-refractivity contribution in [3.63, 3.8) is 0 Å². The van der Waals surface area contributed by atoms with Crippen molar-refractivity contribution in [2.75, 3.05) is 19.5 Å². The average molecular weight is 385 g/mol. The third-order valence-electron chi connectivity index (χ3n) is 4.05. The first-order valence-corrected chi connectivity index (χ1v) is 9.77. The number of thioether (sulfide) groups is 1. The second-order valence-electron chi connectivity index (χ2n) is 6.21. The summed E-state index contributed by atoms with van der Waals surface area (Å²) in [6.45, 7) is 2.73. The van der Waals surface area contributed by atoms with E-state index in [9.17, 15) is 5.11 Å². The van der Waals surface area contributed by atoms with Crippen LogP contribution in [0, 0.1) is 6.92 Å². The summed E-state index contributed by atoms with van der Waals surface area (Å²) in [5.74, 6) is 1.30. The lowest BCUT2D eigenvalue weighted by Gasteiger charge is -2.13. The Bertz CT molecular complexity index is 866. The van der Waals surface area contributed by atoms with Crippen LogP contribution in [0.25, 0.3) is 5.69 Å². The van der Waals surface area contributed by atoms with Gasteiger partial charge in [-0.25, -0.2) is 4.98 Å². The second kappa shape index (κ2) is 9.60. The van der Waals surface area contributed by atoms with Crippen LogP contribution < -0.4 is 4.74 Å². The second-order valence-corrected chi connectivity index (χ2v) is 7.20. The van der Waals surface area contributed by atoms with Crippen molar-refractivity contribution in [1.82, 2.24) is 9.55 Å². The van der Waals surface area contributed by atoms with Crippen LogP contribution in [0.2, 0.25) is 0 Å². The number of hydrogen-bond acceptors (Lipinski definition) is 5. The van der Waals surface area contributed by atoms with Crippen LogP contribution >= 0.6 is 11.8 Å². The fourth-order valence-electron chi connectivity index (χ4n) is 2.72. The molecule has 0 saturated heterocycles. The third-order valence-corrected chi connectivity index (χ3v) is 5.16. The van der Waals surface area contributed by atoms with Gasteiger partial charge in [-0.2, -0.15) is 0 Å². The fourth-order valence-corrected chi connectivity index (χ4v) is 3.60. The number of aliphatic hydroxyl groups is 1. The van der Waals surface area contributed by atoms with Crippen LogP contribution in [0.15, 0.2) is 66.1 Å². The molecule has 6 heteroatoms. The Kier molecular flexibility index (Phi) is 6.92. The first-order chi connectivity index (χ1) is 13.2. The van der Waals surface area contributed by atoms with Crippen molar-refractivity contribution in [2.24, 2.45) is 0 Å². The number of para-hydroxylation sites is 1. The molecular formula is C21H24N2O3S. The van der Waals surface area contributed by atoms with E-state index >= 15 is 0 Å². The molecule has 1 unspecified atom stereocenters. The summed E-state index contributed by atoms with van der Waals surface area (Å²) in [7, 11) is 1.64. The number of nitrogens with zero attached hydrogens (tertiary/aromatic N) is 2. The lowest BCUT2D eigenvalue weighted by Crippen LogP contribution is -2.18. The van der Waals surface area contributed by atoms with Crippen LogP contribution in [0.1, 0.15) is 11.1 Å². The number of rotatable bonds is 9. The van der Waals surface area contributed by atoms with Gasteiger partial charge in [0.25, 0.3) is 0 Å². The van der Waals surface area contributed by atoms with Crippen molar-refractivity contribution in [3.05, 3.63) is 72.1 Å². The van der Waals surface area contributed by atoms with Crippen molar-refractivity contribution in [1.29, 1.82) is 0 Å². The molecule has 0 radical (unpaired) electrons. The first-order valence-electron chi connectivity index (χ1n) is 8.78. The van der Waals surface area contributed by atoms with Gasteiger partial charge in [0.15, 0.2) is 5.16 Å². The van der Waals surface area contributed by atoms with Gasteiger partial charge in [0, 0.05) is 29.4 Å². The predicted molar refractivity (Wildman–Crippen MR) is 108 cm³/mol. The molecular weight excluding hydrogens is 360 g/mol. The monoisotopic (exact) mass is 384 g/mol. The Morgan fingerprint density at radius 2 is 2.04 bits per heavy atom. The molecule has 27 heavy (non-hydrogen) atoms. The minimum atomic E-state index is -0.577. The lowest BCUT2D eigenvalue weighted by atomic mass is 10.2. The smallest absolute Gasteiger partial charge is 0.172 e. The topological polar surface area (TPSA) is 56.5 Å².